The lowest BCUT2D eigenvalue weighted by Crippen LogP contribution is -2.30. The van der Waals surface area contributed by atoms with Crippen molar-refractivity contribution in [3.05, 3.63) is 114 Å². The lowest BCUT2D eigenvalue weighted by atomic mass is 10.00. The van der Waals surface area contributed by atoms with Crippen molar-refractivity contribution in [2.24, 2.45) is 0 Å². The van der Waals surface area contributed by atoms with Gasteiger partial charge in [0.1, 0.15) is 6.04 Å². The Balaban J connectivity index is 1.68. The molecule has 0 unspecified atom stereocenters. The highest BCUT2D eigenvalue weighted by Gasteiger charge is 2.42. The van der Waals surface area contributed by atoms with E-state index >= 15 is 0 Å². The first-order valence-electron chi connectivity index (χ1n) is 10.4. The number of benzene rings is 2. The first kappa shape index (κ1) is 19.5. The van der Waals surface area contributed by atoms with Gasteiger partial charge >= 0.3 is 0 Å². The minimum Gasteiger partial charge on any atom is -0.351 e. The number of hydrogen-bond acceptors (Lipinski definition) is 2. The molecule has 0 bridgehead atoms. The van der Waals surface area contributed by atoms with E-state index in [1.54, 1.807) is 0 Å². The van der Waals surface area contributed by atoms with Gasteiger partial charge in [0.25, 0.3) is 0 Å². The highest BCUT2D eigenvalue weighted by molar-refractivity contribution is 7.80. The quantitative estimate of drug-likeness (QED) is 0.428. The second kappa shape index (κ2) is 8.00. The molecule has 0 radical (unpaired) electrons. The fraction of sp³-hybridized carbons (Fsp3) is 0.154. The summed E-state index contributed by atoms with van der Waals surface area (Å²) < 4.78 is 2.24. The Morgan fingerprint density at radius 3 is 2.39 bits per heavy atom. The van der Waals surface area contributed by atoms with Gasteiger partial charge in [-0.2, -0.15) is 0 Å². The van der Waals surface area contributed by atoms with Crippen LogP contribution in [-0.4, -0.2) is 14.7 Å². The van der Waals surface area contributed by atoms with Crippen LogP contribution in [0.1, 0.15) is 34.6 Å². The van der Waals surface area contributed by atoms with Gasteiger partial charge in [-0.25, -0.2) is 0 Å². The smallest absolute Gasteiger partial charge is 0.174 e. The predicted octanol–water partition coefficient (Wildman–Crippen LogP) is 5.67. The fourth-order valence-corrected chi connectivity index (χ4v) is 4.61. The molecule has 0 saturated carbocycles. The van der Waals surface area contributed by atoms with E-state index in [9.17, 15) is 0 Å². The number of aryl methyl sites for hydroxylation is 2. The number of aromatic nitrogens is 2. The molecule has 5 rings (SSSR count). The van der Waals surface area contributed by atoms with E-state index < -0.39 is 0 Å². The molecule has 1 fully saturated rings. The third-order valence-electron chi connectivity index (χ3n) is 5.98. The number of para-hydroxylation sites is 1. The monoisotopic (exact) mass is 424 g/mol. The molecule has 31 heavy (non-hydrogen) atoms. The highest BCUT2D eigenvalue weighted by atomic mass is 32.1. The lowest BCUT2D eigenvalue weighted by molar-refractivity contribution is 0.549. The summed E-state index contributed by atoms with van der Waals surface area (Å²) in [5.74, 6) is 0. The van der Waals surface area contributed by atoms with E-state index in [1.807, 2.05) is 24.4 Å². The number of nitrogens with zero attached hydrogens (tertiary/aromatic N) is 3. The molecule has 1 N–H and O–H groups in total. The molecule has 2 aromatic heterocycles. The van der Waals surface area contributed by atoms with E-state index in [-0.39, 0.29) is 12.1 Å². The highest BCUT2D eigenvalue weighted by Crippen LogP contribution is 2.42. The summed E-state index contributed by atoms with van der Waals surface area (Å²) in [5.41, 5.74) is 6.87. The summed E-state index contributed by atoms with van der Waals surface area (Å²) in [6.07, 6.45) is 3.95. The van der Waals surface area contributed by atoms with Gasteiger partial charge in [-0.15, -0.1) is 0 Å². The molecule has 0 amide bonds. The summed E-state index contributed by atoms with van der Waals surface area (Å²) in [6, 6.07) is 27.1. The molecule has 4 aromatic rings. The molecule has 0 aliphatic carbocycles. The van der Waals surface area contributed by atoms with Crippen molar-refractivity contribution in [1.82, 2.24) is 14.9 Å². The van der Waals surface area contributed by atoms with Crippen LogP contribution in [0.25, 0.3) is 5.69 Å². The van der Waals surface area contributed by atoms with Crippen LogP contribution >= 0.6 is 12.2 Å². The van der Waals surface area contributed by atoms with Crippen molar-refractivity contribution < 1.29 is 0 Å². The zero-order chi connectivity index (χ0) is 21.4. The lowest BCUT2D eigenvalue weighted by Gasteiger charge is -2.29. The molecule has 1 aliphatic heterocycles. The Hall–Kier alpha value is -3.44. The molecular weight excluding hydrogens is 400 g/mol. The fourth-order valence-electron chi connectivity index (χ4n) is 4.27. The maximum Gasteiger partial charge on any atom is 0.174 e. The average molecular weight is 425 g/mol. The SMILES string of the molecule is Cc1ccc(N2C(=S)N[C@@H](c3ccccn3)[C@H]2c2cccn2-c2ccccc2)cc1C. The second-order valence-electron chi connectivity index (χ2n) is 7.90. The maximum absolute atomic E-state index is 5.86. The summed E-state index contributed by atoms with van der Waals surface area (Å²) >= 11 is 5.86. The van der Waals surface area contributed by atoms with E-state index in [2.05, 4.69) is 100 Å². The molecule has 2 atom stereocenters. The van der Waals surface area contributed by atoms with Gasteiger partial charge in [0.05, 0.1) is 11.7 Å². The van der Waals surface area contributed by atoms with E-state index in [0.29, 0.717) is 5.11 Å². The zero-order valence-electron chi connectivity index (χ0n) is 17.6. The predicted molar refractivity (Wildman–Crippen MR) is 130 cm³/mol. The average Bonchev–Trinajstić information content (AvgIpc) is 3.41. The molecular formula is C26H24N4S. The molecule has 1 aliphatic rings. The maximum atomic E-state index is 5.86. The number of hydrogen-bond donors (Lipinski definition) is 1. The van der Waals surface area contributed by atoms with Crippen molar-refractivity contribution in [2.45, 2.75) is 25.9 Å². The topological polar surface area (TPSA) is 33.1 Å². The van der Waals surface area contributed by atoms with Crippen molar-refractivity contribution >= 4 is 23.0 Å². The summed E-state index contributed by atoms with van der Waals surface area (Å²) in [5, 5.41) is 4.26. The van der Waals surface area contributed by atoms with Gasteiger partial charge < -0.3 is 14.8 Å². The first-order chi connectivity index (χ1) is 15.1. The van der Waals surface area contributed by atoms with Crippen LogP contribution in [0, 0.1) is 13.8 Å². The van der Waals surface area contributed by atoms with Gasteiger partial charge in [-0.05, 0) is 85.7 Å². The molecule has 1 saturated heterocycles. The molecule has 3 heterocycles. The Morgan fingerprint density at radius 2 is 1.65 bits per heavy atom. The summed E-state index contributed by atoms with van der Waals surface area (Å²) in [4.78, 5) is 6.89. The van der Waals surface area contributed by atoms with Gasteiger partial charge in [0.15, 0.2) is 5.11 Å². The van der Waals surface area contributed by atoms with Crippen molar-refractivity contribution in [3.8, 4) is 5.69 Å². The molecule has 4 nitrogen and oxygen atoms in total. The largest absolute Gasteiger partial charge is 0.351 e. The van der Waals surface area contributed by atoms with Gasteiger partial charge in [0.2, 0.25) is 0 Å². The van der Waals surface area contributed by atoms with Crippen LogP contribution in [0.2, 0.25) is 0 Å². The first-order valence-corrected chi connectivity index (χ1v) is 10.8. The third-order valence-corrected chi connectivity index (χ3v) is 6.30. The zero-order valence-corrected chi connectivity index (χ0v) is 18.4. The van der Waals surface area contributed by atoms with Crippen LogP contribution in [0.5, 0.6) is 0 Å². The van der Waals surface area contributed by atoms with Gasteiger partial charge in [-0.1, -0.05) is 30.3 Å². The molecule has 2 aromatic carbocycles. The normalized spacial score (nSPS) is 18.3. The minimum absolute atomic E-state index is 0.0419. The number of anilines is 1. The Labute approximate surface area is 188 Å². The van der Waals surface area contributed by atoms with Crippen molar-refractivity contribution in [1.29, 1.82) is 0 Å². The molecule has 5 heteroatoms. The summed E-state index contributed by atoms with van der Waals surface area (Å²) in [6.45, 7) is 4.28. The molecule has 0 spiro atoms. The van der Waals surface area contributed by atoms with Crippen LogP contribution in [0.3, 0.4) is 0 Å². The second-order valence-corrected chi connectivity index (χ2v) is 8.29. The van der Waals surface area contributed by atoms with Crippen molar-refractivity contribution in [2.75, 3.05) is 4.90 Å². The van der Waals surface area contributed by atoms with E-state index in [0.717, 1.165) is 22.8 Å². The number of thiocarbonyl (C=S) groups is 1. The van der Waals surface area contributed by atoms with Crippen LogP contribution < -0.4 is 10.2 Å². The Kier molecular flexibility index (Phi) is 5.04. The number of nitrogens with one attached hydrogen (secondary N) is 1. The minimum atomic E-state index is -0.0623. The number of rotatable bonds is 4. The standard InChI is InChI=1S/C26H24N4S/c1-18-13-14-21(17-19(18)2)30-25(24(28-26(30)31)22-11-6-7-15-27-22)23-12-8-16-29(23)20-9-4-3-5-10-20/h3-17,24-25H,1-2H3,(H,28,31)/t24-,25+/m0/s1. The summed E-state index contributed by atoms with van der Waals surface area (Å²) in [7, 11) is 0. The van der Waals surface area contributed by atoms with E-state index in [1.165, 1.54) is 11.1 Å². The third kappa shape index (κ3) is 3.51. The van der Waals surface area contributed by atoms with Crippen LogP contribution in [0.4, 0.5) is 5.69 Å². The van der Waals surface area contributed by atoms with E-state index in [4.69, 9.17) is 12.2 Å². The van der Waals surface area contributed by atoms with Gasteiger partial charge in [-0.3, -0.25) is 4.98 Å². The Morgan fingerprint density at radius 1 is 0.839 bits per heavy atom. The van der Waals surface area contributed by atoms with Crippen LogP contribution in [-0.2, 0) is 0 Å². The van der Waals surface area contributed by atoms with Gasteiger partial charge in [0, 0.05) is 29.5 Å². The molecule has 154 valence electrons. The van der Waals surface area contributed by atoms with Crippen molar-refractivity contribution in [3.63, 3.8) is 0 Å². The number of pyridine rings is 1. The Bertz CT molecular complexity index is 1220. The van der Waals surface area contributed by atoms with Crippen LogP contribution in [0.15, 0.2) is 91.3 Å².